The van der Waals surface area contributed by atoms with Gasteiger partial charge in [-0.15, -0.1) is 0 Å². The zero-order valence-electron chi connectivity index (χ0n) is 22.5. The molecule has 0 aliphatic rings. The third-order valence-corrected chi connectivity index (χ3v) is 7.38. The smallest absolute Gasteiger partial charge is 0.244 e. The maximum absolute atomic E-state index is 14.0. The number of Topliss-reactive ketones (excluding diaryl/α,β-unsaturated/α-hetero) is 1. The fraction of sp³-hybridized carbons (Fsp3) is 0.300. The Morgan fingerprint density at radius 3 is 2.05 bits per heavy atom. The van der Waals surface area contributed by atoms with E-state index in [0.29, 0.717) is 12.1 Å². The van der Waals surface area contributed by atoms with Crippen molar-refractivity contribution in [2.45, 2.75) is 39.3 Å². The third-order valence-electron chi connectivity index (χ3n) is 6.24. The van der Waals surface area contributed by atoms with E-state index in [9.17, 15) is 22.8 Å². The van der Waals surface area contributed by atoms with Crippen molar-refractivity contribution in [2.24, 2.45) is 0 Å². The van der Waals surface area contributed by atoms with Crippen molar-refractivity contribution in [3.05, 3.63) is 102 Å². The average Bonchev–Trinajstić information content (AvgIpc) is 2.92. The van der Waals surface area contributed by atoms with E-state index < -0.39 is 28.5 Å². The van der Waals surface area contributed by atoms with E-state index in [1.54, 1.807) is 12.1 Å². The molecule has 0 unspecified atom stereocenters. The zero-order chi connectivity index (χ0) is 28.4. The Labute approximate surface area is 230 Å². The Morgan fingerprint density at radius 2 is 1.49 bits per heavy atom. The lowest BCUT2D eigenvalue weighted by molar-refractivity contribution is -0.140. The lowest BCUT2D eigenvalue weighted by atomic mass is 10.0. The number of nitrogens with zero attached hydrogens (tertiary/aromatic N) is 2. The first-order valence-corrected chi connectivity index (χ1v) is 14.7. The van der Waals surface area contributed by atoms with Crippen LogP contribution in [0, 0.1) is 0 Å². The molecule has 9 heteroatoms. The molecule has 0 heterocycles. The van der Waals surface area contributed by atoms with E-state index in [-0.39, 0.29) is 30.3 Å². The summed E-state index contributed by atoms with van der Waals surface area (Å²) in [5.41, 5.74) is 2.20. The van der Waals surface area contributed by atoms with E-state index >= 15 is 0 Å². The van der Waals surface area contributed by atoms with Gasteiger partial charge in [-0.3, -0.25) is 18.7 Å². The van der Waals surface area contributed by atoms with E-state index in [1.165, 1.54) is 24.0 Å². The Balaban J connectivity index is 2.04. The lowest BCUT2D eigenvalue weighted by Gasteiger charge is -2.33. The summed E-state index contributed by atoms with van der Waals surface area (Å²) < 4.78 is 26.7. The highest BCUT2D eigenvalue weighted by Gasteiger charge is 2.33. The summed E-state index contributed by atoms with van der Waals surface area (Å²) in [6, 6.07) is 23.9. The van der Waals surface area contributed by atoms with Gasteiger partial charge in [-0.05, 0) is 36.6 Å². The van der Waals surface area contributed by atoms with Gasteiger partial charge < -0.3 is 10.2 Å². The van der Waals surface area contributed by atoms with Crippen LogP contribution in [0.5, 0.6) is 0 Å². The molecule has 1 N–H and O–H groups in total. The van der Waals surface area contributed by atoms with Crippen LogP contribution in [-0.2, 0) is 32.6 Å². The highest BCUT2D eigenvalue weighted by atomic mass is 32.2. The minimum Gasteiger partial charge on any atom is -0.354 e. The summed E-state index contributed by atoms with van der Waals surface area (Å²) in [5, 5.41) is 2.91. The van der Waals surface area contributed by atoms with Crippen LogP contribution < -0.4 is 9.62 Å². The number of anilines is 1. The van der Waals surface area contributed by atoms with Crippen LogP contribution in [0.1, 0.15) is 41.8 Å². The molecule has 3 aromatic rings. The first kappa shape index (κ1) is 29.6. The number of carbonyl (C=O) groups excluding carboxylic acids is 3. The molecule has 1 atom stereocenters. The second kappa shape index (κ2) is 13.7. The maximum Gasteiger partial charge on any atom is 0.244 e. The highest BCUT2D eigenvalue weighted by molar-refractivity contribution is 7.92. The van der Waals surface area contributed by atoms with Crippen LogP contribution in [0.2, 0.25) is 0 Å². The molecule has 0 radical (unpaired) electrons. The van der Waals surface area contributed by atoms with Crippen molar-refractivity contribution < 1.29 is 22.8 Å². The van der Waals surface area contributed by atoms with Crippen molar-refractivity contribution in [3.8, 4) is 0 Å². The molecule has 206 valence electrons. The number of amides is 2. The van der Waals surface area contributed by atoms with Crippen LogP contribution in [0.4, 0.5) is 5.69 Å². The minimum absolute atomic E-state index is 0.113. The Kier molecular flexibility index (Phi) is 10.4. The standard InChI is InChI=1S/C30H35N3O5S/c1-4-18-31-30(36)28(19-24-12-7-5-8-13-24)32(21-25-14-9-6-10-15-25)29(35)22-33(39(3,37)38)27-17-11-16-26(20-27)23(2)34/h5-17,20,28H,4,18-19,21-22H2,1-3H3,(H,31,36)/t28-/m0/s1. The summed E-state index contributed by atoms with van der Waals surface area (Å²) in [7, 11) is -3.91. The van der Waals surface area contributed by atoms with Crippen molar-refractivity contribution in [1.29, 1.82) is 0 Å². The largest absolute Gasteiger partial charge is 0.354 e. The van der Waals surface area contributed by atoms with Crippen LogP contribution >= 0.6 is 0 Å². The molecular formula is C30H35N3O5S. The second-order valence-corrected chi connectivity index (χ2v) is 11.3. The fourth-order valence-corrected chi connectivity index (χ4v) is 5.04. The molecule has 3 rings (SSSR count). The van der Waals surface area contributed by atoms with E-state index in [2.05, 4.69) is 5.32 Å². The second-order valence-electron chi connectivity index (χ2n) is 9.38. The normalized spacial score (nSPS) is 11.9. The van der Waals surface area contributed by atoms with Crippen molar-refractivity contribution in [1.82, 2.24) is 10.2 Å². The van der Waals surface area contributed by atoms with Gasteiger partial charge in [0.05, 0.1) is 11.9 Å². The quantitative estimate of drug-likeness (QED) is 0.327. The van der Waals surface area contributed by atoms with E-state index in [1.807, 2.05) is 67.6 Å². The van der Waals surface area contributed by atoms with Gasteiger partial charge in [-0.1, -0.05) is 79.7 Å². The van der Waals surface area contributed by atoms with Gasteiger partial charge in [0.2, 0.25) is 21.8 Å². The Bertz CT molecular complexity index is 1380. The van der Waals surface area contributed by atoms with Gasteiger partial charge in [0.1, 0.15) is 12.6 Å². The van der Waals surface area contributed by atoms with Crippen molar-refractivity contribution >= 4 is 33.3 Å². The molecule has 0 aliphatic carbocycles. The van der Waals surface area contributed by atoms with Crippen LogP contribution in [-0.4, -0.2) is 56.3 Å². The Morgan fingerprint density at radius 1 is 0.872 bits per heavy atom. The number of ketones is 1. The number of carbonyl (C=O) groups is 3. The molecule has 0 fully saturated rings. The van der Waals surface area contributed by atoms with Crippen molar-refractivity contribution in [2.75, 3.05) is 23.7 Å². The number of nitrogens with one attached hydrogen (secondary N) is 1. The van der Waals surface area contributed by atoms with Gasteiger partial charge >= 0.3 is 0 Å². The molecule has 0 spiro atoms. The number of sulfonamides is 1. The highest BCUT2D eigenvalue weighted by Crippen LogP contribution is 2.22. The first-order valence-electron chi connectivity index (χ1n) is 12.8. The summed E-state index contributed by atoms with van der Waals surface area (Å²) in [6.07, 6.45) is 2.00. The fourth-order valence-electron chi connectivity index (χ4n) is 4.19. The molecule has 0 saturated heterocycles. The summed E-state index contributed by atoms with van der Waals surface area (Å²) in [4.78, 5) is 40.8. The maximum atomic E-state index is 14.0. The zero-order valence-corrected chi connectivity index (χ0v) is 23.4. The Hall–Kier alpha value is -3.98. The molecule has 0 aliphatic heterocycles. The SMILES string of the molecule is CCCNC(=O)[C@H](Cc1ccccc1)N(Cc1ccccc1)C(=O)CN(c1cccc(C(C)=O)c1)S(C)(=O)=O. The molecule has 39 heavy (non-hydrogen) atoms. The molecule has 0 bridgehead atoms. The molecule has 0 saturated carbocycles. The van der Waals surface area contributed by atoms with Gasteiger partial charge in [0.25, 0.3) is 0 Å². The van der Waals surface area contributed by atoms with E-state index in [4.69, 9.17) is 0 Å². The summed E-state index contributed by atoms with van der Waals surface area (Å²) in [6.45, 7) is 3.37. The molecule has 8 nitrogen and oxygen atoms in total. The summed E-state index contributed by atoms with van der Waals surface area (Å²) >= 11 is 0. The summed E-state index contributed by atoms with van der Waals surface area (Å²) in [5.74, 6) is -1.07. The van der Waals surface area contributed by atoms with Gasteiger partial charge in [-0.2, -0.15) is 0 Å². The van der Waals surface area contributed by atoms with Crippen LogP contribution in [0.3, 0.4) is 0 Å². The van der Waals surface area contributed by atoms with Crippen molar-refractivity contribution in [3.63, 3.8) is 0 Å². The number of hydrogen-bond acceptors (Lipinski definition) is 5. The number of benzene rings is 3. The molecule has 2 amide bonds. The number of hydrogen-bond donors (Lipinski definition) is 1. The topological polar surface area (TPSA) is 104 Å². The van der Waals surface area contributed by atoms with Gasteiger partial charge in [0.15, 0.2) is 5.78 Å². The minimum atomic E-state index is -3.91. The van der Waals surface area contributed by atoms with Gasteiger partial charge in [0, 0.05) is 25.1 Å². The van der Waals surface area contributed by atoms with E-state index in [0.717, 1.165) is 28.1 Å². The van der Waals surface area contributed by atoms with Crippen LogP contribution in [0.15, 0.2) is 84.9 Å². The molecular weight excluding hydrogens is 514 g/mol. The monoisotopic (exact) mass is 549 g/mol. The lowest BCUT2D eigenvalue weighted by Crippen LogP contribution is -2.53. The first-order chi connectivity index (χ1) is 18.6. The van der Waals surface area contributed by atoms with Crippen LogP contribution in [0.25, 0.3) is 0 Å². The predicted octanol–water partition coefficient (Wildman–Crippen LogP) is 3.82. The molecule has 0 aromatic heterocycles. The average molecular weight is 550 g/mol. The number of rotatable bonds is 13. The predicted molar refractivity (Wildman–Crippen MR) is 153 cm³/mol. The molecule has 3 aromatic carbocycles. The third kappa shape index (κ3) is 8.51. The van der Waals surface area contributed by atoms with Gasteiger partial charge in [-0.25, -0.2) is 8.42 Å².